The zero-order chi connectivity index (χ0) is 10.5. The molecule has 1 aromatic carbocycles. The molecule has 0 radical (unpaired) electrons. The monoisotopic (exact) mass is 198 g/mol. The van der Waals surface area contributed by atoms with Gasteiger partial charge >= 0.3 is 0 Å². The number of rotatable bonds is 2. The van der Waals surface area contributed by atoms with Crippen LogP contribution in [0.5, 0.6) is 0 Å². The second kappa shape index (κ2) is 14.1. The Morgan fingerprint density at radius 1 is 0.923 bits per heavy atom. The van der Waals surface area contributed by atoms with Crippen LogP contribution in [0.2, 0.25) is 0 Å². The van der Waals surface area contributed by atoms with Gasteiger partial charge in [-0.05, 0) is 11.8 Å². The number of benzene rings is 1. The van der Waals surface area contributed by atoms with E-state index in [1.54, 1.807) is 0 Å². The van der Waals surface area contributed by atoms with Crippen LogP contribution >= 0.6 is 11.8 Å². The standard InChI is InChI=1S/C8H10S.2C2H6/c1-9-7-8-5-3-2-4-6-8;2*1-2/h2-6H,7H2,1H3;2*1-2H3. The summed E-state index contributed by atoms with van der Waals surface area (Å²) in [6.07, 6.45) is 2.12. The maximum absolute atomic E-state index is 2.15. The van der Waals surface area contributed by atoms with E-state index in [-0.39, 0.29) is 0 Å². The van der Waals surface area contributed by atoms with Gasteiger partial charge in [0, 0.05) is 5.75 Å². The lowest BCUT2D eigenvalue weighted by atomic mass is 10.2. The van der Waals surface area contributed by atoms with E-state index in [0.29, 0.717) is 0 Å². The third-order valence-electron chi connectivity index (χ3n) is 1.15. The average Bonchev–Trinajstić information content (AvgIpc) is 2.26. The van der Waals surface area contributed by atoms with Crippen molar-refractivity contribution in [3.05, 3.63) is 35.9 Å². The lowest BCUT2D eigenvalue weighted by molar-refractivity contribution is 1.42. The van der Waals surface area contributed by atoms with Gasteiger partial charge in [-0.25, -0.2) is 0 Å². The van der Waals surface area contributed by atoms with Gasteiger partial charge in [-0.1, -0.05) is 58.0 Å². The second-order valence-electron chi connectivity index (χ2n) is 1.92. The quantitative estimate of drug-likeness (QED) is 0.669. The van der Waals surface area contributed by atoms with Gasteiger partial charge in [-0.2, -0.15) is 11.8 Å². The highest BCUT2D eigenvalue weighted by Crippen LogP contribution is 2.06. The Morgan fingerprint density at radius 2 is 1.38 bits per heavy atom. The van der Waals surface area contributed by atoms with Gasteiger partial charge in [-0.15, -0.1) is 0 Å². The fourth-order valence-electron chi connectivity index (χ4n) is 0.741. The van der Waals surface area contributed by atoms with Gasteiger partial charge in [0.05, 0.1) is 0 Å². The molecule has 0 bridgehead atoms. The van der Waals surface area contributed by atoms with Gasteiger partial charge in [0.2, 0.25) is 0 Å². The molecule has 0 unspecified atom stereocenters. The van der Waals surface area contributed by atoms with Gasteiger partial charge in [0.15, 0.2) is 0 Å². The zero-order valence-electron chi connectivity index (χ0n) is 9.50. The third kappa shape index (κ3) is 9.48. The predicted octanol–water partition coefficient (Wildman–Crippen LogP) is 4.60. The first kappa shape index (κ1) is 15.1. The molecule has 0 atom stereocenters. The summed E-state index contributed by atoms with van der Waals surface area (Å²) in [6, 6.07) is 10.5. The van der Waals surface area contributed by atoms with E-state index in [1.807, 2.05) is 45.5 Å². The van der Waals surface area contributed by atoms with E-state index in [0.717, 1.165) is 5.75 Å². The average molecular weight is 198 g/mol. The molecule has 0 heterocycles. The van der Waals surface area contributed by atoms with Crippen molar-refractivity contribution in [2.75, 3.05) is 6.26 Å². The highest BCUT2D eigenvalue weighted by Gasteiger charge is 1.84. The molecule has 0 fully saturated rings. The maximum Gasteiger partial charge on any atom is 0.0181 e. The van der Waals surface area contributed by atoms with Crippen LogP contribution < -0.4 is 0 Å². The summed E-state index contributed by atoms with van der Waals surface area (Å²) in [5, 5.41) is 0. The van der Waals surface area contributed by atoms with Crippen molar-refractivity contribution in [2.45, 2.75) is 33.4 Å². The van der Waals surface area contributed by atoms with E-state index in [9.17, 15) is 0 Å². The minimum absolute atomic E-state index is 1.13. The molecular weight excluding hydrogens is 176 g/mol. The molecular formula is C12H22S. The van der Waals surface area contributed by atoms with E-state index in [4.69, 9.17) is 0 Å². The Morgan fingerprint density at radius 3 is 1.77 bits per heavy atom. The highest BCUT2D eigenvalue weighted by molar-refractivity contribution is 7.97. The molecule has 0 spiro atoms. The van der Waals surface area contributed by atoms with Crippen molar-refractivity contribution in [3.8, 4) is 0 Å². The van der Waals surface area contributed by atoms with Crippen molar-refractivity contribution < 1.29 is 0 Å². The first-order valence-corrected chi connectivity index (χ1v) is 6.36. The third-order valence-corrected chi connectivity index (χ3v) is 1.78. The molecule has 0 aliphatic rings. The fourth-order valence-corrected chi connectivity index (χ4v) is 1.27. The SMILES string of the molecule is CC.CC.CSCc1ccccc1. The van der Waals surface area contributed by atoms with Crippen LogP contribution in [0, 0.1) is 0 Å². The van der Waals surface area contributed by atoms with Crippen LogP contribution in [0.4, 0.5) is 0 Å². The molecule has 76 valence electrons. The minimum Gasteiger partial charge on any atom is -0.161 e. The van der Waals surface area contributed by atoms with Crippen LogP contribution in [-0.4, -0.2) is 6.26 Å². The molecule has 13 heavy (non-hydrogen) atoms. The summed E-state index contributed by atoms with van der Waals surface area (Å²) in [4.78, 5) is 0. The molecule has 0 N–H and O–H groups in total. The van der Waals surface area contributed by atoms with Gasteiger partial charge in [-0.3, -0.25) is 0 Å². The van der Waals surface area contributed by atoms with E-state index < -0.39 is 0 Å². The number of hydrogen-bond acceptors (Lipinski definition) is 1. The van der Waals surface area contributed by atoms with Crippen molar-refractivity contribution in [2.24, 2.45) is 0 Å². The summed E-state index contributed by atoms with van der Waals surface area (Å²) >= 11 is 1.85. The molecule has 0 nitrogen and oxygen atoms in total. The van der Waals surface area contributed by atoms with Crippen molar-refractivity contribution in [1.82, 2.24) is 0 Å². The Labute approximate surface area is 87.8 Å². The first-order valence-electron chi connectivity index (χ1n) is 4.96. The number of thioether (sulfide) groups is 1. The lowest BCUT2D eigenvalue weighted by Crippen LogP contribution is -1.74. The second-order valence-corrected chi connectivity index (χ2v) is 2.78. The van der Waals surface area contributed by atoms with E-state index in [1.165, 1.54) is 5.56 Å². The molecule has 1 rings (SSSR count). The highest BCUT2D eigenvalue weighted by atomic mass is 32.2. The van der Waals surface area contributed by atoms with Crippen molar-refractivity contribution >= 4 is 11.8 Å². The van der Waals surface area contributed by atoms with Crippen LogP contribution in [0.25, 0.3) is 0 Å². The van der Waals surface area contributed by atoms with Crippen LogP contribution in [0.3, 0.4) is 0 Å². The van der Waals surface area contributed by atoms with E-state index in [2.05, 4.69) is 30.5 Å². The molecule has 0 aliphatic carbocycles. The maximum atomic E-state index is 2.15. The van der Waals surface area contributed by atoms with Crippen LogP contribution in [0.15, 0.2) is 30.3 Å². The van der Waals surface area contributed by atoms with Gasteiger partial charge in [0.1, 0.15) is 0 Å². The van der Waals surface area contributed by atoms with Crippen molar-refractivity contribution in [3.63, 3.8) is 0 Å². The number of hydrogen-bond donors (Lipinski definition) is 0. The molecule has 0 saturated heterocycles. The van der Waals surface area contributed by atoms with Crippen LogP contribution in [-0.2, 0) is 5.75 Å². The lowest BCUT2D eigenvalue weighted by Gasteiger charge is -1.93. The molecule has 0 saturated carbocycles. The summed E-state index contributed by atoms with van der Waals surface area (Å²) in [6.45, 7) is 8.00. The van der Waals surface area contributed by atoms with Gasteiger partial charge < -0.3 is 0 Å². The molecule has 1 aromatic rings. The fraction of sp³-hybridized carbons (Fsp3) is 0.500. The molecule has 1 heteroatoms. The van der Waals surface area contributed by atoms with E-state index >= 15 is 0 Å². The normalized spacial score (nSPS) is 7.46. The molecule has 0 aromatic heterocycles. The van der Waals surface area contributed by atoms with Gasteiger partial charge in [0.25, 0.3) is 0 Å². The van der Waals surface area contributed by atoms with Crippen molar-refractivity contribution in [1.29, 1.82) is 0 Å². The Bertz CT molecular complexity index is 158. The largest absolute Gasteiger partial charge is 0.161 e. The first-order chi connectivity index (χ1) is 6.43. The summed E-state index contributed by atoms with van der Waals surface area (Å²) in [7, 11) is 0. The Hall–Kier alpha value is -0.430. The summed E-state index contributed by atoms with van der Waals surface area (Å²) in [5.74, 6) is 1.13. The van der Waals surface area contributed by atoms with Crippen LogP contribution in [0.1, 0.15) is 33.3 Å². The summed E-state index contributed by atoms with van der Waals surface area (Å²) < 4.78 is 0. The Balaban J connectivity index is 0. The zero-order valence-corrected chi connectivity index (χ0v) is 10.3. The molecule has 0 amide bonds. The minimum atomic E-state index is 1.13. The summed E-state index contributed by atoms with van der Waals surface area (Å²) in [5.41, 5.74) is 1.41. The predicted molar refractivity (Wildman–Crippen MR) is 66.4 cm³/mol. The smallest absolute Gasteiger partial charge is 0.0181 e. The Kier molecular flexibility index (Phi) is 16.4. The molecule has 0 aliphatic heterocycles. The topological polar surface area (TPSA) is 0 Å².